The lowest BCUT2D eigenvalue weighted by molar-refractivity contribution is 0.0576. The van der Waals surface area contributed by atoms with E-state index in [1.807, 2.05) is 33.8 Å². The van der Waals surface area contributed by atoms with Gasteiger partial charge in [-0.3, -0.25) is 0 Å². The fraction of sp³-hybridized carbons (Fsp3) is 0.897. The molecule has 0 rings (SSSR count). The Kier molecular flexibility index (Phi) is 76.7. The molecule has 0 saturated carbocycles. The molecule has 41 heavy (non-hydrogen) atoms. The summed E-state index contributed by atoms with van der Waals surface area (Å²) in [4.78, 5) is 0.664. The molecular formula is C39H87BrO. The van der Waals surface area contributed by atoms with Crippen molar-refractivity contribution in [3.8, 4) is 12.8 Å². The van der Waals surface area contributed by atoms with Crippen LogP contribution in [0.4, 0.5) is 0 Å². The summed E-state index contributed by atoms with van der Waals surface area (Å²) in [6, 6.07) is 0. The zero-order chi connectivity index (χ0) is 35.1. The number of hydrogen-bond donors (Lipinski definition) is 0. The predicted molar refractivity (Wildman–Crippen MR) is 205 cm³/mol. The summed E-state index contributed by atoms with van der Waals surface area (Å²) in [6.07, 6.45) is 16.8. The first-order valence-electron chi connectivity index (χ1n) is 17.1. The van der Waals surface area contributed by atoms with Crippen LogP contribution in [0.3, 0.4) is 0 Å². The molecule has 2 heteroatoms. The normalized spacial score (nSPS) is 12.2. The lowest BCUT2D eigenvalue weighted by Crippen LogP contribution is -2.17. The highest BCUT2D eigenvalue weighted by Gasteiger charge is 2.09. The van der Waals surface area contributed by atoms with E-state index >= 15 is 0 Å². The average molecular weight is 652 g/mol. The topological polar surface area (TPSA) is 9.23 Å². The van der Waals surface area contributed by atoms with Crippen molar-refractivity contribution in [1.29, 1.82) is 0 Å². The molecule has 0 bridgehead atoms. The number of allylic oxidation sites excluding steroid dienone is 1. The number of alkyl halides is 1. The number of methoxy groups -OCH3 is 1. The van der Waals surface area contributed by atoms with Crippen LogP contribution < -0.4 is 0 Å². The first-order chi connectivity index (χ1) is 19.0. The van der Waals surface area contributed by atoms with Crippen LogP contribution in [0.5, 0.6) is 0 Å². The van der Waals surface area contributed by atoms with E-state index < -0.39 is 0 Å². The molecule has 0 aliphatic heterocycles. The molecule has 1 nitrogen and oxygen atoms in total. The third-order valence-corrected chi connectivity index (χ3v) is 7.73. The second-order valence-electron chi connectivity index (χ2n) is 11.8. The van der Waals surface area contributed by atoms with Crippen LogP contribution >= 0.6 is 15.9 Å². The van der Waals surface area contributed by atoms with Crippen molar-refractivity contribution < 1.29 is 4.74 Å². The van der Waals surface area contributed by atoms with Gasteiger partial charge < -0.3 is 4.74 Å². The van der Waals surface area contributed by atoms with E-state index in [0.29, 0.717) is 22.8 Å². The third-order valence-electron chi connectivity index (χ3n) is 6.67. The SMILES string of the molecule is C#C.C=CC(C)C.CC.CC.CC(C)C(C)Br.CCC(C)C(C)C.CCCC(C)C(C)C.CCCC(OC)C(C)C. The number of hydrogen-bond acceptors (Lipinski definition) is 1. The summed E-state index contributed by atoms with van der Waals surface area (Å²) in [5, 5.41) is 0. The molecule has 256 valence electrons. The lowest BCUT2D eigenvalue weighted by atomic mass is 9.94. The number of halogens is 1. The molecule has 0 N–H and O–H groups in total. The van der Waals surface area contributed by atoms with E-state index in [1.54, 1.807) is 7.11 Å². The van der Waals surface area contributed by atoms with E-state index in [4.69, 9.17) is 4.74 Å². The van der Waals surface area contributed by atoms with Gasteiger partial charge in [0.05, 0.1) is 6.10 Å². The zero-order valence-electron chi connectivity index (χ0n) is 33.0. The first kappa shape index (κ1) is 60.0. The van der Waals surface area contributed by atoms with Gasteiger partial charge in [0.1, 0.15) is 0 Å². The van der Waals surface area contributed by atoms with Gasteiger partial charge in [0.2, 0.25) is 0 Å². The molecule has 0 aliphatic carbocycles. The Hall–Kier alpha value is -0.260. The Morgan fingerprint density at radius 2 is 0.902 bits per heavy atom. The van der Waals surface area contributed by atoms with E-state index in [0.717, 1.165) is 29.6 Å². The van der Waals surface area contributed by atoms with Gasteiger partial charge in [-0.2, -0.15) is 0 Å². The van der Waals surface area contributed by atoms with Gasteiger partial charge in [-0.05, 0) is 47.8 Å². The maximum atomic E-state index is 5.25. The Morgan fingerprint density at radius 1 is 0.610 bits per heavy atom. The standard InChI is InChI=1S/C8H18O.C8H18.C7H16.C5H11Br.C5H10.2C2H6.C2H2/c1-5-6-8(9-4)7(2)3;1-5-6-8(4)7(2)3;1-5-7(4)6(2)3;1-4(2)5(3)6;1-4-5(2)3;3*1-2/h7-8H,5-6H2,1-4H3;7-8H,5-6H2,1-4H3;6-7H,5H2,1-4H3;4-5H,1-3H3;4-5H,1H2,2-3H3;2*1-2H3;1-2H. The Bertz CT molecular complexity index is 401. The van der Waals surface area contributed by atoms with Crippen molar-refractivity contribution in [3.63, 3.8) is 0 Å². The van der Waals surface area contributed by atoms with Crippen LogP contribution in [-0.4, -0.2) is 18.0 Å². The Morgan fingerprint density at radius 3 is 0.951 bits per heavy atom. The molecule has 4 atom stereocenters. The van der Waals surface area contributed by atoms with Crippen LogP contribution in [-0.2, 0) is 4.74 Å². The van der Waals surface area contributed by atoms with Crippen LogP contribution in [0.25, 0.3) is 0 Å². The second-order valence-corrected chi connectivity index (χ2v) is 13.3. The fourth-order valence-electron chi connectivity index (χ4n) is 2.27. The highest BCUT2D eigenvalue weighted by atomic mass is 79.9. The molecule has 0 aromatic carbocycles. The second kappa shape index (κ2) is 52.4. The summed E-state index contributed by atoms with van der Waals surface area (Å²) in [7, 11) is 1.79. The first-order valence-corrected chi connectivity index (χ1v) is 18.0. The summed E-state index contributed by atoms with van der Waals surface area (Å²) < 4.78 is 5.25. The molecule has 0 heterocycles. The molecule has 0 radical (unpaired) electrons. The van der Waals surface area contributed by atoms with Crippen molar-refractivity contribution in [2.75, 3.05) is 7.11 Å². The van der Waals surface area contributed by atoms with E-state index in [2.05, 4.69) is 146 Å². The van der Waals surface area contributed by atoms with Crippen molar-refractivity contribution >= 4 is 15.9 Å². The summed E-state index contributed by atoms with van der Waals surface area (Å²) in [5.74, 6) is 5.63. The van der Waals surface area contributed by atoms with Crippen LogP contribution in [0, 0.1) is 54.3 Å². The van der Waals surface area contributed by atoms with E-state index in [-0.39, 0.29) is 0 Å². The van der Waals surface area contributed by atoms with Crippen molar-refractivity contribution in [2.24, 2.45) is 41.4 Å². The molecule has 0 aromatic rings. The smallest absolute Gasteiger partial charge is 0.0594 e. The van der Waals surface area contributed by atoms with Gasteiger partial charge in [-0.15, -0.1) is 19.4 Å². The van der Waals surface area contributed by atoms with Gasteiger partial charge >= 0.3 is 0 Å². The quantitative estimate of drug-likeness (QED) is 0.123. The predicted octanol–water partition coefficient (Wildman–Crippen LogP) is 14.8. The maximum Gasteiger partial charge on any atom is 0.0594 e. The largest absolute Gasteiger partial charge is 0.381 e. The van der Waals surface area contributed by atoms with Gasteiger partial charge in [0, 0.05) is 11.9 Å². The van der Waals surface area contributed by atoms with Crippen LogP contribution in [0.15, 0.2) is 12.7 Å². The summed E-state index contributed by atoms with van der Waals surface area (Å²) in [5.41, 5.74) is 0. The minimum absolute atomic E-state index is 0.468. The third kappa shape index (κ3) is 73.6. The van der Waals surface area contributed by atoms with Gasteiger partial charge in [0.25, 0.3) is 0 Å². The molecule has 0 aromatic heterocycles. The Labute approximate surface area is 275 Å². The fourth-order valence-corrected chi connectivity index (χ4v) is 2.27. The molecule has 4 unspecified atom stereocenters. The average Bonchev–Trinajstić information content (AvgIpc) is 2.95. The monoisotopic (exact) mass is 651 g/mol. The summed E-state index contributed by atoms with van der Waals surface area (Å²) in [6.45, 7) is 47.1. The minimum Gasteiger partial charge on any atom is -0.381 e. The molecule has 0 spiro atoms. The van der Waals surface area contributed by atoms with Crippen LogP contribution in [0.2, 0.25) is 0 Å². The molecule has 0 amide bonds. The van der Waals surface area contributed by atoms with Crippen molar-refractivity contribution in [1.82, 2.24) is 0 Å². The van der Waals surface area contributed by atoms with Gasteiger partial charge in [-0.25, -0.2) is 0 Å². The highest BCUT2D eigenvalue weighted by molar-refractivity contribution is 9.09. The minimum atomic E-state index is 0.468. The highest BCUT2D eigenvalue weighted by Crippen LogP contribution is 2.15. The van der Waals surface area contributed by atoms with Crippen LogP contribution in [0.1, 0.15) is 171 Å². The molecule has 0 fully saturated rings. The summed E-state index contributed by atoms with van der Waals surface area (Å²) >= 11 is 3.44. The van der Waals surface area contributed by atoms with E-state index in [9.17, 15) is 0 Å². The zero-order valence-corrected chi connectivity index (χ0v) is 34.5. The van der Waals surface area contributed by atoms with E-state index in [1.165, 1.54) is 32.1 Å². The molecule has 0 saturated heterocycles. The number of terminal acetylenes is 1. The Balaban J connectivity index is -0.0000000533. The molecule has 0 aliphatic rings. The van der Waals surface area contributed by atoms with Gasteiger partial charge in [0.15, 0.2) is 0 Å². The van der Waals surface area contributed by atoms with Gasteiger partial charge in [-0.1, -0.05) is 186 Å². The molecular weight excluding hydrogens is 564 g/mol. The maximum absolute atomic E-state index is 5.25. The van der Waals surface area contributed by atoms with Crippen molar-refractivity contribution in [2.45, 2.75) is 182 Å². The number of ether oxygens (including phenoxy) is 1. The lowest BCUT2D eigenvalue weighted by Gasteiger charge is -2.17. The van der Waals surface area contributed by atoms with Crippen molar-refractivity contribution in [3.05, 3.63) is 12.7 Å². The number of rotatable bonds is 11.